The normalized spacial score (nSPS) is 10.8. The van der Waals surface area contributed by atoms with E-state index in [1.807, 2.05) is 0 Å². The van der Waals surface area contributed by atoms with E-state index in [-0.39, 0.29) is 30.9 Å². The van der Waals surface area contributed by atoms with Gasteiger partial charge in [-0.1, -0.05) is 28.9 Å². The minimum atomic E-state index is -0.599. The maximum atomic E-state index is 12.2. The average Bonchev–Trinajstić information content (AvgIpc) is 3.06. The monoisotopic (exact) mass is 377 g/mol. The molecule has 0 unspecified atom stereocenters. The standard InChI is InChI=1S/C16H12ClN3O4S/c17-14-6-5-13(25-14)12(21)9-24-15(22)7-8-20-16(23)10-3-1-2-4-11(10)18-19-20/h1-6H,7-9H2. The molecule has 0 fully saturated rings. The molecule has 0 N–H and O–H groups in total. The number of ketones is 1. The van der Waals surface area contributed by atoms with E-state index >= 15 is 0 Å². The molecule has 3 rings (SSSR count). The molecule has 7 nitrogen and oxygen atoms in total. The molecule has 0 atom stereocenters. The highest BCUT2D eigenvalue weighted by atomic mass is 35.5. The molecule has 0 aliphatic rings. The highest BCUT2D eigenvalue weighted by molar-refractivity contribution is 7.18. The number of aromatic nitrogens is 3. The molecule has 0 spiro atoms. The SMILES string of the molecule is O=C(CCn1nnc2ccccc2c1=O)OCC(=O)c1ccc(Cl)s1. The molecule has 0 saturated carbocycles. The van der Waals surface area contributed by atoms with Crippen LogP contribution in [0.15, 0.2) is 41.2 Å². The van der Waals surface area contributed by atoms with Crippen LogP contribution in [0.25, 0.3) is 10.9 Å². The van der Waals surface area contributed by atoms with Crippen molar-refractivity contribution in [3.63, 3.8) is 0 Å². The van der Waals surface area contributed by atoms with E-state index in [2.05, 4.69) is 10.3 Å². The van der Waals surface area contributed by atoms with Crippen LogP contribution in [0.2, 0.25) is 4.34 Å². The topological polar surface area (TPSA) is 91.2 Å². The van der Waals surface area contributed by atoms with Gasteiger partial charge in [-0.25, -0.2) is 4.68 Å². The van der Waals surface area contributed by atoms with Gasteiger partial charge in [0.05, 0.1) is 27.6 Å². The number of nitrogens with zero attached hydrogens (tertiary/aromatic N) is 3. The van der Waals surface area contributed by atoms with Crippen LogP contribution in [0.1, 0.15) is 16.1 Å². The van der Waals surface area contributed by atoms with Crippen LogP contribution in [0.3, 0.4) is 0 Å². The number of fused-ring (bicyclic) bond motifs is 1. The predicted molar refractivity (Wildman–Crippen MR) is 93.0 cm³/mol. The van der Waals surface area contributed by atoms with E-state index < -0.39 is 5.97 Å². The van der Waals surface area contributed by atoms with Crippen molar-refractivity contribution in [1.82, 2.24) is 15.0 Å². The summed E-state index contributed by atoms with van der Waals surface area (Å²) in [5, 5.41) is 8.15. The minimum absolute atomic E-state index is 0.0223. The predicted octanol–water partition coefficient (Wildman–Crippen LogP) is 2.32. The zero-order valence-electron chi connectivity index (χ0n) is 12.8. The second-order valence-corrected chi connectivity index (χ2v) is 6.79. The van der Waals surface area contributed by atoms with E-state index in [4.69, 9.17) is 16.3 Å². The Hall–Kier alpha value is -2.58. The molecule has 2 aromatic heterocycles. The van der Waals surface area contributed by atoms with Gasteiger partial charge in [0.2, 0.25) is 5.78 Å². The van der Waals surface area contributed by atoms with Crippen molar-refractivity contribution in [3.8, 4) is 0 Å². The Morgan fingerprint density at radius 2 is 2.00 bits per heavy atom. The second kappa shape index (κ2) is 7.54. The molecule has 1 aromatic carbocycles. The van der Waals surface area contributed by atoms with Crippen molar-refractivity contribution in [1.29, 1.82) is 0 Å². The van der Waals surface area contributed by atoms with Gasteiger partial charge in [-0.05, 0) is 24.3 Å². The number of carbonyl (C=O) groups is 2. The number of thiophene rings is 1. The lowest BCUT2D eigenvalue weighted by molar-refractivity contribution is -0.142. The van der Waals surface area contributed by atoms with Crippen molar-refractivity contribution in [2.24, 2.45) is 0 Å². The molecule has 0 radical (unpaired) electrons. The van der Waals surface area contributed by atoms with Gasteiger partial charge in [-0.15, -0.1) is 16.4 Å². The fraction of sp³-hybridized carbons (Fsp3) is 0.188. The maximum Gasteiger partial charge on any atom is 0.308 e. The smallest absolute Gasteiger partial charge is 0.308 e. The number of hydrogen-bond donors (Lipinski definition) is 0. The average molecular weight is 378 g/mol. The molecule has 9 heteroatoms. The number of rotatable bonds is 6. The number of esters is 1. The summed E-state index contributed by atoms with van der Waals surface area (Å²) in [5.41, 5.74) is 0.161. The van der Waals surface area contributed by atoms with E-state index in [0.29, 0.717) is 20.1 Å². The summed E-state index contributed by atoms with van der Waals surface area (Å²) in [6.07, 6.45) is -0.0919. The van der Waals surface area contributed by atoms with Gasteiger partial charge in [-0.2, -0.15) is 0 Å². The summed E-state index contributed by atoms with van der Waals surface area (Å²) >= 11 is 6.88. The summed E-state index contributed by atoms with van der Waals surface area (Å²) < 4.78 is 6.52. The van der Waals surface area contributed by atoms with Crippen LogP contribution in [-0.4, -0.2) is 33.4 Å². The van der Waals surface area contributed by atoms with E-state index in [9.17, 15) is 14.4 Å². The number of ether oxygens (including phenoxy) is 1. The molecule has 0 amide bonds. The van der Waals surface area contributed by atoms with Crippen LogP contribution in [0.5, 0.6) is 0 Å². The van der Waals surface area contributed by atoms with Gasteiger partial charge in [-0.3, -0.25) is 14.4 Å². The summed E-state index contributed by atoms with van der Waals surface area (Å²) in [5.74, 6) is -0.925. The first-order valence-corrected chi connectivity index (χ1v) is 8.51. The third-order valence-electron chi connectivity index (χ3n) is 3.37. The zero-order chi connectivity index (χ0) is 17.8. The quantitative estimate of drug-likeness (QED) is 0.483. The van der Waals surface area contributed by atoms with Crippen molar-refractivity contribution < 1.29 is 14.3 Å². The van der Waals surface area contributed by atoms with Crippen LogP contribution < -0.4 is 5.56 Å². The third-order valence-corrected chi connectivity index (χ3v) is 4.64. The maximum absolute atomic E-state index is 12.2. The van der Waals surface area contributed by atoms with E-state index in [1.54, 1.807) is 36.4 Å². The number of hydrogen-bond acceptors (Lipinski definition) is 7. The molecule has 3 aromatic rings. The fourth-order valence-electron chi connectivity index (χ4n) is 2.12. The molecule has 0 aliphatic heterocycles. The lowest BCUT2D eigenvalue weighted by Crippen LogP contribution is -2.26. The first-order valence-electron chi connectivity index (χ1n) is 7.31. The number of halogens is 1. The molecular weight excluding hydrogens is 366 g/mol. The summed E-state index contributed by atoms with van der Waals surface area (Å²) in [4.78, 5) is 36.3. The Morgan fingerprint density at radius 3 is 2.76 bits per heavy atom. The first-order chi connectivity index (χ1) is 12.0. The second-order valence-electron chi connectivity index (χ2n) is 5.07. The Morgan fingerprint density at radius 1 is 1.20 bits per heavy atom. The zero-order valence-corrected chi connectivity index (χ0v) is 14.4. The Bertz CT molecular complexity index is 998. The highest BCUT2D eigenvalue weighted by Crippen LogP contribution is 2.21. The third kappa shape index (κ3) is 4.09. The summed E-state index contributed by atoms with van der Waals surface area (Å²) in [7, 11) is 0. The van der Waals surface area contributed by atoms with Crippen LogP contribution in [0, 0.1) is 0 Å². The minimum Gasteiger partial charge on any atom is -0.457 e. The van der Waals surface area contributed by atoms with Crippen molar-refractivity contribution >= 4 is 45.6 Å². The van der Waals surface area contributed by atoms with Crippen LogP contribution in [-0.2, 0) is 16.1 Å². The Balaban J connectivity index is 1.56. The van der Waals surface area contributed by atoms with Crippen LogP contribution in [0.4, 0.5) is 0 Å². The first kappa shape index (κ1) is 17.2. The van der Waals surface area contributed by atoms with E-state index in [1.165, 1.54) is 0 Å². The molecule has 25 heavy (non-hydrogen) atoms. The lowest BCUT2D eigenvalue weighted by atomic mass is 10.2. The molecule has 0 bridgehead atoms. The van der Waals surface area contributed by atoms with Crippen molar-refractivity contribution in [3.05, 3.63) is 56.0 Å². The van der Waals surface area contributed by atoms with E-state index in [0.717, 1.165) is 16.0 Å². The molecule has 128 valence electrons. The number of benzene rings is 1. The van der Waals surface area contributed by atoms with Gasteiger partial charge in [0, 0.05) is 0 Å². The molecule has 0 aliphatic carbocycles. The van der Waals surface area contributed by atoms with Gasteiger partial charge in [0.25, 0.3) is 5.56 Å². The Labute approximate surface area is 150 Å². The molecule has 2 heterocycles. The van der Waals surface area contributed by atoms with Crippen LogP contribution >= 0.6 is 22.9 Å². The van der Waals surface area contributed by atoms with Crippen molar-refractivity contribution in [2.75, 3.05) is 6.61 Å². The number of Topliss-reactive ketones (excluding diaryl/α,β-unsaturated/α-hetero) is 1. The van der Waals surface area contributed by atoms with Gasteiger partial charge < -0.3 is 4.74 Å². The van der Waals surface area contributed by atoms with Gasteiger partial charge in [0.1, 0.15) is 5.52 Å². The van der Waals surface area contributed by atoms with Gasteiger partial charge in [0.15, 0.2) is 6.61 Å². The highest BCUT2D eigenvalue weighted by Gasteiger charge is 2.13. The molecular formula is C16H12ClN3O4S. The summed E-state index contributed by atoms with van der Waals surface area (Å²) in [6, 6.07) is 10.00. The molecule has 0 saturated heterocycles. The largest absolute Gasteiger partial charge is 0.457 e. The summed E-state index contributed by atoms with van der Waals surface area (Å²) in [6.45, 7) is -0.345. The number of carbonyl (C=O) groups excluding carboxylic acids is 2. The number of aryl methyl sites for hydroxylation is 1. The van der Waals surface area contributed by atoms with Crippen molar-refractivity contribution in [2.45, 2.75) is 13.0 Å². The fourth-order valence-corrected chi connectivity index (χ4v) is 3.09. The Kier molecular flexibility index (Phi) is 5.20. The lowest BCUT2D eigenvalue weighted by Gasteiger charge is -2.05. The van der Waals surface area contributed by atoms with Gasteiger partial charge >= 0.3 is 5.97 Å².